The number of carbonyl (C=O) groups excluding carboxylic acids is 2. The van der Waals surface area contributed by atoms with Crippen molar-refractivity contribution in [3.05, 3.63) is 71.0 Å². The van der Waals surface area contributed by atoms with Crippen LogP contribution in [-0.2, 0) is 25.7 Å². The molecule has 0 radical (unpaired) electrons. The van der Waals surface area contributed by atoms with Gasteiger partial charge in [0.25, 0.3) is 5.79 Å². The summed E-state index contributed by atoms with van der Waals surface area (Å²) < 4.78 is 29.0. The predicted octanol–water partition coefficient (Wildman–Crippen LogP) is 3.62. The normalized spacial score (nSPS) is 15.9. The van der Waals surface area contributed by atoms with E-state index in [1.807, 2.05) is 0 Å². The van der Waals surface area contributed by atoms with Crippen molar-refractivity contribution in [2.45, 2.75) is 26.2 Å². The van der Waals surface area contributed by atoms with Crippen LogP contribution in [0.3, 0.4) is 0 Å². The zero-order valence-corrected chi connectivity index (χ0v) is 14.3. The van der Waals surface area contributed by atoms with Gasteiger partial charge < -0.3 is 14.2 Å². The molecule has 2 aromatic rings. The molecule has 0 bridgehead atoms. The van der Waals surface area contributed by atoms with Gasteiger partial charge in [-0.2, -0.15) is 0 Å². The molecule has 1 fully saturated rings. The van der Waals surface area contributed by atoms with Crippen LogP contribution in [0.15, 0.2) is 54.1 Å². The third kappa shape index (κ3) is 4.08. The highest BCUT2D eigenvalue weighted by Gasteiger charge is 2.38. The second-order valence-corrected chi connectivity index (χ2v) is 6.18. The van der Waals surface area contributed by atoms with E-state index in [0.717, 1.165) is 5.56 Å². The maximum atomic E-state index is 13.2. The van der Waals surface area contributed by atoms with Gasteiger partial charge in [-0.05, 0) is 29.3 Å². The number of hydrogen-bond donors (Lipinski definition) is 0. The molecule has 3 rings (SSSR count). The van der Waals surface area contributed by atoms with Crippen LogP contribution < -0.4 is 4.74 Å². The maximum absolute atomic E-state index is 13.2. The van der Waals surface area contributed by atoms with Crippen LogP contribution in [0.25, 0.3) is 6.08 Å². The third-order valence-electron chi connectivity index (χ3n) is 3.66. The van der Waals surface area contributed by atoms with Gasteiger partial charge >= 0.3 is 11.9 Å². The molecule has 0 atom stereocenters. The summed E-state index contributed by atoms with van der Waals surface area (Å²) in [6.07, 6.45) is 1.41. The highest BCUT2D eigenvalue weighted by Crippen LogP contribution is 2.25. The Hall–Kier alpha value is -3.15. The van der Waals surface area contributed by atoms with E-state index in [1.165, 1.54) is 32.1 Å². The second kappa shape index (κ2) is 7.00. The van der Waals surface area contributed by atoms with Gasteiger partial charge in [-0.15, -0.1) is 0 Å². The number of ether oxygens (including phenoxy) is 3. The van der Waals surface area contributed by atoms with Gasteiger partial charge in [-0.3, -0.25) is 0 Å². The molecular formula is C20H17FO5. The van der Waals surface area contributed by atoms with Crippen LogP contribution in [0.4, 0.5) is 4.39 Å². The molecule has 2 aromatic carbocycles. The average Bonchev–Trinajstić information content (AvgIpc) is 2.56. The minimum Gasteiger partial charge on any atom is -0.489 e. The molecule has 6 heteroatoms. The number of benzene rings is 2. The van der Waals surface area contributed by atoms with E-state index in [0.29, 0.717) is 11.3 Å². The minimum atomic E-state index is -1.29. The molecule has 1 saturated heterocycles. The molecule has 0 aromatic heterocycles. The molecule has 1 aliphatic heterocycles. The molecule has 1 aliphatic rings. The monoisotopic (exact) mass is 356 g/mol. The predicted molar refractivity (Wildman–Crippen MR) is 91.4 cm³/mol. The van der Waals surface area contributed by atoms with Gasteiger partial charge in [0.1, 0.15) is 23.7 Å². The fraction of sp³-hybridized carbons (Fsp3) is 0.200. The molecular weight excluding hydrogens is 339 g/mol. The molecule has 0 saturated carbocycles. The summed E-state index contributed by atoms with van der Waals surface area (Å²) in [6.45, 7) is 3.11. The van der Waals surface area contributed by atoms with Gasteiger partial charge in [0, 0.05) is 19.9 Å². The van der Waals surface area contributed by atoms with Crippen LogP contribution in [0.2, 0.25) is 0 Å². The highest BCUT2D eigenvalue weighted by atomic mass is 19.1. The Balaban J connectivity index is 1.83. The van der Waals surface area contributed by atoms with Crippen LogP contribution >= 0.6 is 0 Å². The molecule has 0 spiro atoms. The Labute approximate surface area is 150 Å². The number of carbonyl (C=O) groups is 2. The fourth-order valence-corrected chi connectivity index (χ4v) is 2.46. The standard InChI is InChI=1S/C20H17FO5/c1-20(2)25-18(22)17(19(23)26-20)10-13-6-3-4-7-14(13)12-24-16-9-5-8-15(21)11-16/h3-11H,12H2,1-2H3. The zero-order chi connectivity index (χ0) is 18.7. The number of rotatable bonds is 4. The van der Waals surface area contributed by atoms with Crippen molar-refractivity contribution in [3.8, 4) is 5.75 Å². The Kier molecular flexibility index (Phi) is 4.75. The van der Waals surface area contributed by atoms with Crippen molar-refractivity contribution in [2.24, 2.45) is 0 Å². The topological polar surface area (TPSA) is 61.8 Å². The first-order chi connectivity index (χ1) is 12.3. The van der Waals surface area contributed by atoms with Crippen molar-refractivity contribution in [1.29, 1.82) is 0 Å². The lowest BCUT2D eigenvalue weighted by Crippen LogP contribution is -2.41. The quantitative estimate of drug-likeness (QED) is 0.476. The molecule has 26 heavy (non-hydrogen) atoms. The van der Waals surface area contributed by atoms with Gasteiger partial charge in [0.15, 0.2) is 0 Å². The number of esters is 2. The van der Waals surface area contributed by atoms with E-state index in [1.54, 1.807) is 36.4 Å². The van der Waals surface area contributed by atoms with E-state index in [9.17, 15) is 14.0 Å². The Morgan fingerprint density at radius 2 is 1.73 bits per heavy atom. The van der Waals surface area contributed by atoms with Gasteiger partial charge in [0.2, 0.25) is 0 Å². The number of hydrogen-bond acceptors (Lipinski definition) is 5. The first-order valence-corrected chi connectivity index (χ1v) is 7.99. The largest absolute Gasteiger partial charge is 0.489 e. The summed E-state index contributed by atoms with van der Waals surface area (Å²) in [7, 11) is 0. The molecule has 0 unspecified atom stereocenters. The van der Waals surface area contributed by atoms with Crippen LogP contribution in [-0.4, -0.2) is 17.7 Å². The van der Waals surface area contributed by atoms with Crippen LogP contribution in [0.5, 0.6) is 5.75 Å². The second-order valence-electron chi connectivity index (χ2n) is 6.18. The van der Waals surface area contributed by atoms with Crippen molar-refractivity contribution in [1.82, 2.24) is 0 Å². The van der Waals surface area contributed by atoms with Gasteiger partial charge in [-0.25, -0.2) is 14.0 Å². The van der Waals surface area contributed by atoms with Crippen molar-refractivity contribution >= 4 is 18.0 Å². The average molecular weight is 356 g/mol. The molecule has 1 heterocycles. The maximum Gasteiger partial charge on any atom is 0.348 e. The number of cyclic esters (lactones) is 2. The first-order valence-electron chi connectivity index (χ1n) is 7.99. The van der Waals surface area contributed by atoms with Crippen LogP contribution in [0.1, 0.15) is 25.0 Å². The van der Waals surface area contributed by atoms with E-state index in [4.69, 9.17) is 14.2 Å². The van der Waals surface area contributed by atoms with E-state index >= 15 is 0 Å². The lowest BCUT2D eigenvalue weighted by atomic mass is 10.0. The van der Waals surface area contributed by atoms with Gasteiger partial charge in [0.05, 0.1) is 0 Å². The Morgan fingerprint density at radius 3 is 2.42 bits per heavy atom. The van der Waals surface area contributed by atoms with Gasteiger partial charge in [-0.1, -0.05) is 30.3 Å². The van der Waals surface area contributed by atoms with E-state index in [-0.39, 0.29) is 12.2 Å². The molecule has 134 valence electrons. The van der Waals surface area contributed by atoms with Crippen molar-refractivity contribution in [3.63, 3.8) is 0 Å². The minimum absolute atomic E-state index is 0.138. The molecule has 5 nitrogen and oxygen atoms in total. The lowest BCUT2D eigenvalue weighted by Gasteiger charge is -2.29. The van der Waals surface area contributed by atoms with E-state index in [2.05, 4.69) is 0 Å². The SMILES string of the molecule is CC1(C)OC(=O)C(=Cc2ccccc2COc2cccc(F)c2)C(=O)O1. The first kappa shape index (κ1) is 17.7. The fourth-order valence-electron chi connectivity index (χ4n) is 2.46. The summed E-state index contributed by atoms with van der Waals surface area (Å²) in [4.78, 5) is 24.2. The molecule has 0 amide bonds. The smallest absolute Gasteiger partial charge is 0.348 e. The summed E-state index contributed by atoms with van der Waals surface area (Å²) in [5, 5.41) is 0. The Bertz CT molecular complexity index is 863. The summed E-state index contributed by atoms with van der Waals surface area (Å²) in [5.41, 5.74) is 1.13. The molecule has 0 aliphatic carbocycles. The highest BCUT2D eigenvalue weighted by molar-refractivity contribution is 6.18. The summed E-state index contributed by atoms with van der Waals surface area (Å²) >= 11 is 0. The van der Waals surface area contributed by atoms with E-state index < -0.39 is 23.5 Å². The van der Waals surface area contributed by atoms with Crippen molar-refractivity contribution in [2.75, 3.05) is 0 Å². The Morgan fingerprint density at radius 1 is 1.04 bits per heavy atom. The summed E-state index contributed by atoms with van der Waals surface area (Å²) in [6, 6.07) is 12.9. The lowest BCUT2D eigenvalue weighted by molar-refractivity contribution is -0.222. The summed E-state index contributed by atoms with van der Waals surface area (Å²) in [5.74, 6) is -2.79. The van der Waals surface area contributed by atoms with Crippen LogP contribution in [0, 0.1) is 5.82 Å². The third-order valence-corrected chi connectivity index (χ3v) is 3.66. The molecule has 0 N–H and O–H groups in total. The van der Waals surface area contributed by atoms with Crippen molar-refractivity contribution < 1.29 is 28.2 Å². The number of halogens is 1. The zero-order valence-electron chi connectivity index (χ0n) is 14.3.